The lowest BCUT2D eigenvalue weighted by Crippen LogP contribution is -2.27. The number of alkyl halides is 5. The molecule has 1 heterocycles. The van der Waals surface area contributed by atoms with E-state index in [0.29, 0.717) is 5.69 Å². The van der Waals surface area contributed by atoms with Gasteiger partial charge in [0.1, 0.15) is 6.61 Å². The van der Waals surface area contributed by atoms with Crippen LogP contribution in [0.1, 0.15) is 17.6 Å². The number of halogens is 5. The Balaban J connectivity index is 2.23. The van der Waals surface area contributed by atoms with E-state index in [1.165, 1.54) is 37.4 Å². The van der Waals surface area contributed by atoms with E-state index in [4.69, 9.17) is 10.6 Å². The molecular weight excluding hydrogens is 349 g/mol. The Labute approximate surface area is 139 Å². The monoisotopic (exact) mass is 363 g/mol. The highest BCUT2D eigenvalue weighted by atomic mass is 19.4. The maximum atomic E-state index is 13.2. The fourth-order valence-electron chi connectivity index (χ4n) is 2.08. The number of nitrogens with two attached hydrogens (primary N) is 1. The van der Waals surface area contributed by atoms with Crippen molar-refractivity contribution in [3.8, 4) is 11.8 Å². The van der Waals surface area contributed by atoms with Gasteiger partial charge in [-0.2, -0.15) is 4.98 Å². The summed E-state index contributed by atoms with van der Waals surface area (Å²) < 4.78 is 71.9. The SMILES string of the molecule is CN(N)c1cccc(C(F)F)c1COc1cccc(OC(F)(F)F)n1. The molecule has 0 aliphatic rings. The number of ether oxygens (including phenoxy) is 2. The molecule has 0 aliphatic heterocycles. The van der Waals surface area contributed by atoms with Crippen molar-refractivity contribution in [1.82, 2.24) is 4.98 Å². The molecule has 0 saturated carbocycles. The van der Waals surface area contributed by atoms with Crippen LogP contribution in [0.5, 0.6) is 11.8 Å². The lowest BCUT2D eigenvalue weighted by Gasteiger charge is -2.20. The van der Waals surface area contributed by atoms with Gasteiger partial charge in [0.15, 0.2) is 0 Å². The van der Waals surface area contributed by atoms with E-state index in [0.717, 1.165) is 11.1 Å². The number of hydrazine groups is 1. The summed E-state index contributed by atoms with van der Waals surface area (Å²) in [6, 6.07) is 7.65. The van der Waals surface area contributed by atoms with Crippen molar-refractivity contribution >= 4 is 5.69 Å². The van der Waals surface area contributed by atoms with Crippen molar-refractivity contribution in [3.05, 3.63) is 47.5 Å². The molecule has 1 aromatic carbocycles. The van der Waals surface area contributed by atoms with Gasteiger partial charge >= 0.3 is 6.36 Å². The third-order valence-electron chi connectivity index (χ3n) is 3.09. The molecule has 2 N–H and O–H groups in total. The van der Waals surface area contributed by atoms with Gasteiger partial charge in [-0.3, -0.25) is 0 Å². The number of anilines is 1. The molecule has 25 heavy (non-hydrogen) atoms. The van der Waals surface area contributed by atoms with Crippen molar-refractivity contribution in [2.75, 3.05) is 12.1 Å². The molecular formula is C15H14F5N3O2. The minimum absolute atomic E-state index is 0.103. The zero-order valence-electron chi connectivity index (χ0n) is 12.9. The van der Waals surface area contributed by atoms with Crippen LogP contribution in [-0.4, -0.2) is 18.4 Å². The predicted octanol–water partition coefficient (Wildman–Crippen LogP) is 3.81. The topological polar surface area (TPSA) is 60.6 Å². The summed E-state index contributed by atoms with van der Waals surface area (Å²) in [4.78, 5) is 3.53. The molecule has 10 heteroatoms. The van der Waals surface area contributed by atoms with E-state index in [-0.39, 0.29) is 23.6 Å². The third-order valence-corrected chi connectivity index (χ3v) is 3.09. The van der Waals surface area contributed by atoms with Crippen molar-refractivity contribution in [2.45, 2.75) is 19.4 Å². The lowest BCUT2D eigenvalue weighted by molar-refractivity contribution is -0.276. The number of nitrogens with zero attached hydrogens (tertiary/aromatic N) is 2. The first-order chi connectivity index (χ1) is 11.7. The maximum Gasteiger partial charge on any atom is 0.574 e. The molecule has 0 radical (unpaired) electrons. The Kier molecular flexibility index (Phi) is 5.62. The number of rotatable bonds is 6. The molecule has 0 saturated heterocycles. The Hall–Kier alpha value is -2.62. The first-order valence-corrected chi connectivity index (χ1v) is 6.91. The van der Waals surface area contributed by atoms with Crippen LogP contribution >= 0.6 is 0 Å². The van der Waals surface area contributed by atoms with Crippen LogP contribution in [0.25, 0.3) is 0 Å². The summed E-state index contributed by atoms with van der Waals surface area (Å²) in [7, 11) is 1.46. The molecule has 0 fully saturated rings. The Morgan fingerprint density at radius 1 is 1.12 bits per heavy atom. The van der Waals surface area contributed by atoms with E-state index in [9.17, 15) is 22.0 Å². The molecule has 0 spiro atoms. The Morgan fingerprint density at radius 3 is 2.36 bits per heavy atom. The first kappa shape index (κ1) is 18.7. The smallest absolute Gasteiger partial charge is 0.473 e. The third kappa shape index (κ3) is 5.18. The Morgan fingerprint density at radius 2 is 1.76 bits per heavy atom. The highest BCUT2D eigenvalue weighted by Crippen LogP contribution is 2.30. The molecule has 1 aromatic heterocycles. The summed E-state index contributed by atoms with van der Waals surface area (Å²) in [5, 5.41) is 1.14. The predicted molar refractivity (Wildman–Crippen MR) is 79.2 cm³/mol. The molecule has 0 unspecified atom stereocenters. The van der Waals surface area contributed by atoms with Crippen LogP contribution in [0.4, 0.5) is 27.6 Å². The summed E-state index contributed by atoms with van der Waals surface area (Å²) in [6.07, 6.45) is -7.67. The highest BCUT2D eigenvalue weighted by molar-refractivity contribution is 5.55. The van der Waals surface area contributed by atoms with Crippen LogP contribution in [0.3, 0.4) is 0 Å². The average Bonchev–Trinajstić information content (AvgIpc) is 2.51. The van der Waals surface area contributed by atoms with Crippen molar-refractivity contribution in [3.63, 3.8) is 0 Å². The van der Waals surface area contributed by atoms with Gasteiger partial charge in [0.2, 0.25) is 11.8 Å². The fourth-order valence-corrected chi connectivity index (χ4v) is 2.08. The second kappa shape index (κ2) is 7.51. The van der Waals surface area contributed by atoms with Gasteiger partial charge in [-0.05, 0) is 6.07 Å². The molecule has 5 nitrogen and oxygen atoms in total. The van der Waals surface area contributed by atoms with Gasteiger partial charge < -0.3 is 14.5 Å². The largest absolute Gasteiger partial charge is 0.574 e. The molecule has 0 atom stereocenters. The number of benzene rings is 1. The summed E-state index contributed by atoms with van der Waals surface area (Å²) in [5.41, 5.74) is 0.101. The minimum atomic E-state index is -4.90. The molecule has 0 amide bonds. The number of aromatic nitrogens is 1. The van der Waals surface area contributed by atoms with Gasteiger partial charge in [-0.25, -0.2) is 14.6 Å². The maximum absolute atomic E-state index is 13.2. The van der Waals surface area contributed by atoms with E-state index < -0.39 is 18.7 Å². The van der Waals surface area contributed by atoms with E-state index >= 15 is 0 Å². The van der Waals surface area contributed by atoms with Crippen molar-refractivity contribution in [1.29, 1.82) is 0 Å². The molecule has 2 rings (SSSR count). The standard InChI is InChI=1S/C15H14F5N3O2/c1-23(21)11-5-2-4-9(14(16)17)10(11)8-24-12-6-3-7-13(22-12)25-15(18,19)20/h2-7,14H,8,21H2,1H3. The summed E-state index contributed by atoms with van der Waals surface area (Å²) in [5.74, 6) is 4.69. The Bertz CT molecular complexity index is 696. The van der Waals surface area contributed by atoms with Gasteiger partial charge in [-0.1, -0.05) is 18.2 Å². The van der Waals surface area contributed by atoms with Gasteiger partial charge in [0.05, 0.1) is 5.69 Å². The molecule has 0 aliphatic carbocycles. The summed E-state index contributed by atoms with van der Waals surface area (Å²) in [6.45, 7) is -0.361. The zero-order valence-corrected chi connectivity index (χ0v) is 12.9. The molecule has 0 bridgehead atoms. The number of pyridine rings is 1. The van der Waals surface area contributed by atoms with E-state index in [2.05, 4.69) is 9.72 Å². The van der Waals surface area contributed by atoms with Crippen LogP contribution in [0.15, 0.2) is 36.4 Å². The number of hydrogen-bond donors (Lipinski definition) is 1. The van der Waals surface area contributed by atoms with Gasteiger partial charge in [0, 0.05) is 30.3 Å². The fraction of sp³-hybridized carbons (Fsp3) is 0.267. The van der Waals surface area contributed by atoms with E-state index in [1.807, 2.05) is 0 Å². The highest BCUT2D eigenvalue weighted by Gasteiger charge is 2.31. The van der Waals surface area contributed by atoms with Crippen LogP contribution in [-0.2, 0) is 6.61 Å². The lowest BCUT2D eigenvalue weighted by atomic mass is 10.1. The van der Waals surface area contributed by atoms with Crippen LogP contribution in [0.2, 0.25) is 0 Å². The first-order valence-electron chi connectivity index (χ1n) is 6.91. The van der Waals surface area contributed by atoms with Crippen LogP contribution < -0.4 is 20.3 Å². The quantitative estimate of drug-likeness (QED) is 0.481. The minimum Gasteiger partial charge on any atom is -0.473 e. The normalized spacial score (nSPS) is 11.5. The molecule has 136 valence electrons. The zero-order chi connectivity index (χ0) is 18.6. The van der Waals surface area contributed by atoms with Crippen molar-refractivity contribution < 1.29 is 31.4 Å². The van der Waals surface area contributed by atoms with E-state index in [1.54, 1.807) is 0 Å². The van der Waals surface area contributed by atoms with Gasteiger partial charge in [0.25, 0.3) is 6.43 Å². The van der Waals surface area contributed by atoms with Crippen molar-refractivity contribution in [2.24, 2.45) is 5.84 Å². The molecule has 2 aromatic rings. The van der Waals surface area contributed by atoms with Crippen LogP contribution in [0, 0.1) is 0 Å². The second-order valence-electron chi connectivity index (χ2n) is 4.91. The summed E-state index contributed by atoms with van der Waals surface area (Å²) >= 11 is 0. The second-order valence-corrected chi connectivity index (χ2v) is 4.91. The number of hydrogen-bond acceptors (Lipinski definition) is 5. The average molecular weight is 363 g/mol. The van der Waals surface area contributed by atoms with Gasteiger partial charge in [-0.15, -0.1) is 13.2 Å².